The van der Waals surface area contributed by atoms with Gasteiger partial charge < -0.3 is 15.8 Å². The number of ketones is 1. The van der Waals surface area contributed by atoms with Crippen molar-refractivity contribution >= 4 is 17.4 Å². The van der Waals surface area contributed by atoms with Crippen molar-refractivity contribution in [3.05, 3.63) is 23.8 Å². The maximum absolute atomic E-state index is 11.6. The summed E-state index contributed by atoms with van der Waals surface area (Å²) in [5.41, 5.74) is 6.51. The van der Waals surface area contributed by atoms with Gasteiger partial charge in [-0.3, -0.25) is 9.59 Å². The SMILES string of the molecule is CC(=O)c1cc(N)ccc1OCC(=O)NCCC(C)C. The molecule has 0 heterocycles. The molecule has 0 radical (unpaired) electrons. The third-order valence-corrected chi connectivity index (χ3v) is 2.79. The van der Waals surface area contributed by atoms with Gasteiger partial charge in [0.15, 0.2) is 12.4 Å². The van der Waals surface area contributed by atoms with E-state index < -0.39 is 0 Å². The van der Waals surface area contributed by atoms with Gasteiger partial charge in [-0.05, 0) is 37.5 Å². The number of nitrogens with two attached hydrogens (primary N) is 1. The maximum Gasteiger partial charge on any atom is 0.257 e. The number of hydrogen-bond acceptors (Lipinski definition) is 4. The van der Waals surface area contributed by atoms with Crippen LogP contribution in [0.25, 0.3) is 0 Å². The van der Waals surface area contributed by atoms with Crippen molar-refractivity contribution in [3.63, 3.8) is 0 Å². The monoisotopic (exact) mass is 278 g/mol. The first-order valence-electron chi connectivity index (χ1n) is 6.70. The van der Waals surface area contributed by atoms with Crippen LogP contribution in [0.1, 0.15) is 37.6 Å². The number of hydrogen-bond donors (Lipinski definition) is 2. The summed E-state index contributed by atoms with van der Waals surface area (Å²) < 4.78 is 5.38. The van der Waals surface area contributed by atoms with Crippen molar-refractivity contribution in [1.29, 1.82) is 0 Å². The third-order valence-electron chi connectivity index (χ3n) is 2.79. The molecule has 1 amide bonds. The Morgan fingerprint density at radius 3 is 2.65 bits per heavy atom. The lowest BCUT2D eigenvalue weighted by Gasteiger charge is -2.11. The van der Waals surface area contributed by atoms with Crippen LogP contribution in [0.2, 0.25) is 0 Å². The lowest BCUT2D eigenvalue weighted by molar-refractivity contribution is -0.123. The molecule has 3 N–H and O–H groups in total. The quantitative estimate of drug-likeness (QED) is 0.590. The van der Waals surface area contributed by atoms with Gasteiger partial charge in [0.25, 0.3) is 5.91 Å². The van der Waals surface area contributed by atoms with E-state index in [0.717, 1.165) is 6.42 Å². The van der Waals surface area contributed by atoms with E-state index in [9.17, 15) is 9.59 Å². The van der Waals surface area contributed by atoms with Crippen molar-refractivity contribution in [2.45, 2.75) is 27.2 Å². The molecule has 0 unspecified atom stereocenters. The zero-order valence-electron chi connectivity index (χ0n) is 12.2. The minimum absolute atomic E-state index is 0.109. The Balaban J connectivity index is 2.53. The number of nitrogen functional groups attached to an aromatic ring is 1. The van der Waals surface area contributed by atoms with Gasteiger partial charge in [0.2, 0.25) is 0 Å². The smallest absolute Gasteiger partial charge is 0.257 e. The van der Waals surface area contributed by atoms with Gasteiger partial charge in [-0.2, -0.15) is 0 Å². The number of benzene rings is 1. The third kappa shape index (κ3) is 5.30. The number of carbonyl (C=O) groups excluding carboxylic acids is 2. The molecule has 0 atom stereocenters. The average Bonchev–Trinajstić information content (AvgIpc) is 2.36. The van der Waals surface area contributed by atoms with E-state index in [-0.39, 0.29) is 18.3 Å². The number of carbonyl (C=O) groups is 2. The van der Waals surface area contributed by atoms with Gasteiger partial charge >= 0.3 is 0 Å². The van der Waals surface area contributed by atoms with Crippen LogP contribution in [0.3, 0.4) is 0 Å². The summed E-state index contributed by atoms with van der Waals surface area (Å²) in [7, 11) is 0. The highest BCUT2D eigenvalue weighted by Crippen LogP contribution is 2.21. The number of amides is 1. The molecule has 0 aliphatic heterocycles. The molecule has 1 aromatic carbocycles. The van der Waals surface area contributed by atoms with Crippen LogP contribution >= 0.6 is 0 Å². The van der Waals surface area contributed by atoms with E-state index in [1.54, 1.807) is 18.2 Å². The van der Waals surface area contributed by atoms with E-state index in [1.165, 1.54) is 6.92 Å². The van der Waals surface area contributed by atoms with Gasteiger partial charge in [-0.25, -0.2) is 0 Å². The zero-order valence-corrected chi connectivity index (χ0v) is 12.2. The zero-order chi connectivity index (χ0) is 15.1. The highest BCUT2D eigenvalue weighted by molar-refractivity contribution is 5.97. The minimum Gasteiger partial charge on any atom is -0.483 e. The summed E-state index contributed by atoms with van der Waals surface area (Å²) >= 11 is 0. The van der Waals surface area contributed by atoms with Crippen LogP contribution in [-0.4, -0.2) is 24.8 Å². The Labute approximate surface area is 119 Å². The van der Waals surface area contributed by atoms with E-state index in [0.29, 0.717) is 29.5 Å². The first-order chi connectivity index (χ1) is 9.40. The van der Waals surface area contributed by atoms with Gasteiger partial charge in [0, 0.05) is 12.2 Å². The molecule has 0 saturated carbocycles. The molecule has 0 spiro atoms. The molecule has 0 bridgehead atoms. The molecule has 110 valence electrons. The molecule has 0 aliphatic carbocycles. The molecule has 0 fully saturated rings. The topological polar surface area (TPSA) is 81.4 Å². The van der Waals surface area contributed by atoms with Crippen molar-refractivity contribution < 1.29 is 14.3 Å². The second-order valence-electron chi connectivity index (χ2n) is 5.13. The van der Waals surface area contributed by atoms with Crippen LogP contribution in [-0.2, 0) is 4.79 Å². The van der Waals surface area contributed by atoms with E-state index in [2.05, 4.69) is 19.2 Å². The fourth-order valence-electron chi connectivity index (χ4n) is 1.64. The average molecular weight is 278 g/mol. The van der Waals surface area contributed by atoms with Crippen LogP contribution in [0.5, 0.6) is 5.75 Å². The second-order valence-corrected chi connectivity index (χ2v) is 5.13. The Hall–Kier alpha value is -2.04. The summed E-state index contributed by atoms with van der Waals surface area (Å²) in [6, 6.07) is 4.79. The van der Waals surface area contributed by atoms with Gasteiger partial charge in [0.05, 0.1) is 5.56 Å². The Bertz CT molecular complexity index is 484. The van der Waals surface area contributed by atoms with Crippen LogP contribution in [0.4, 0.5) is 5.69 Å². The minimum atomic E-state index is -0.197. The van der Waals surface area contributed by atoms with Gasteiger partial charge in [-0.15, -0.1) is 0 Å². The fraction of sp³-hybridized carbons (Fsp3) is 0.467. The van der Waals surface area contributed by atoms with E-state index in [1.807, 2.05) is 0 Å². The van der Waals surface area contributed by atoms with Crippen LogP contribution in [0, 0.1) is 5.92 Å². The van der Waals surface area contributed by atoms with Gasteiger partial charge in [0.1, 0.15) is 5.75 Å². The predicted molar refractivity (Wildman–Crippen MR) is 78.8 cm³/mol. The summed E-state index contributed by atoms with van der Waals surface area (Å²) in [5.74, 6) is 0.577. The maximum atomic E-state index is 11.6. The van der Waals surface area contributed by atoms with Crippen molar-refractivity contribution in [1.82, 2.24) is 5.32 Å². The molecule has 0 aliphatic rings. The Kier molecular flexibility index (Phi) is 6.03. The van der Waals surface area contributed by atoms with Crippen molar-refractivity contribution in [2.75, 3.05) is 18.9 Å². The lowest BCUT2D eigenvalue weighted by Crippen LogP contribution is -2.30. The number of Topliss-reactive ketones (excluding diaryl/α,β-unsaturated/α-hetero) is 1. The summed E-state index contributed by atoms with van der Waals surface area (Å²) in [6.45, 7) is 6.14. The van der Waals surface area contributed by atoms with Gasteiger partial charge in [-0.1, -0.05) is 13.8 Å². The van der Waals surface area contributed by atoms with E-state index >= 15 is 0 Å². The van der Waals surface area contributed by atoms with Crippen molar-refractivity contribution in [3.8, 4) is 5.75 Å². The molecule has 5 heteroatoms. The molecular weight excluding hydrogens is 256 g/mol. The van der Waals surface area contributed by atoms with E-state index in [4.69, 9.17) is 10.5 Å². The predicted octanol–water partition coefficient (Wildman–Crippen LogP) is 2.01. The summed E-state index contributed by atoms with van der Waals surface area (Å²) in [4.78, 5) is 23.1. The molecular formula is C15H22N2O3. The largest absolute Gasteiger partial charge is 0.483 e. The Morgan fingerprint density at radius 2 is 2.05 bits per heavy atom. The molecule has 5 nitrogen and oxygen atoms in total. The summed E-state index contributed by atoms with van der Waals surface area (Å²) in [5, 5.41) is 2.77. The number of anilines is 1. The molecule has 0 aromatic heterocycles. The molecule has 20 heavy (non-hydrogen) atoms. The molecule has 1 aromatic rings. The summed E-state index contributed by atoms with van der Waals surface area (Å²) in [6.07, 6.45) is 0.923. The fourth-order valence-corrected chi connectivity index (χ4v) is 1.64. The lowest BCUT2D eigenvalue weighted by atomic mass is 10.1. The van der Waals surface area contributed by atoms with Crippen molar-refractivity contribution in [2.24, 2.45) is 5.92 Å². The standard InChI is InChI=1S/C15H22N2O3/c1-10(2)6-7-17-15(19)9-20-14-5-4-12(16)8-13(14)11(3)18/h4-5,8,10H,6-7,9,16H2,1-3H3,(H,17,19). The molecule has 1 rings (SSSR count). The highest BCUT2D eigenvalue weighted by atomic mass is 16.5. The second kappa shape index (κ2) is 7.53. The number of ether oxygens (including phenoxy) is 1. The normalized spacial score (nSPS) is 10.4. The van der Waals surface area contributed by atoms with Crippen LogP contribution < -0.4 is 15.8 Å². The Morgan fingerprint density at radius 1 is 1.35 bits per heavy atom. The van der Waals surface area contributed by atoms with Crippen LogP contribution in [0.15, 0.2) is 18.2 Å². The number of nitrogens with one attached hydrogen (secondary N) is 1. The number of rotatable bonds is 7. The first-order valence-corrected chi connectivity index (χ1v) is 6.70. The highest BCUT2D eigenvalue weighted by Gasteiger charge is 2.10. The first kappa shape index (κ1) is 16.0. The molecule has 0 saturated heterocycles.